The number of carbonyl (C=O) groups is 1. The van der Waals surface area contributed by atoms with Crippen LogP contribution < -0.4 is 5.32 Å². The predicted octanol–water partition coefficient (Wildman–Crippen LogP) is 0.821. The second kappa shape index (κ2) is 1.79. The Bertz CT molecular complexity index is 93.7. The van der Waals surface area contributed by atoms with E-state index in [-0.39, 0.29) is 13.6 Å². The van der Waals surface area contributed by atoms with Gasteiger partial charge in [-0.3, -0.25) is 4.79 Å². The van der Waals surface area contributed by atoms with Crippen LogP contribution in [-0.4, -0.2) is 25.0 Å². The molecule has 1 saturated heterocycles. The molecule has 0 radical (unpaired) electrons. The molecule has 1 unspecified atom stereocenters. The highest BCUT2D eigenvalue weighted by molar-refractivity contribution is 7.74. The van der Waals surface area contributed by atoms with Gasteiger partial charge < -0.3 is 5.32 Å². The van der Waals surface area contributed by atoms with Crippen molar-refractivity contribution in [3.63, 3.8) is 0 Å². The number of amides is 1. The summed E-state index contributed by atoms with van der Waals surface area (Å²) in [6, 6.07) is 0. The summed E-state index contributed by atoms with van der Waals surface area (Å²) in [6.07, 6.45) is 1.08. The van der Waals surface area contributed by atoms with E-state index in [0.717, 1.165) is 12.7 Å². The zero-order chi connectivity index (χ0) is 5.28. The number of rotatable bonds is 0. The van der Waals surface area contributed by atoms with Crippen LogP contribution in [0.1, 0.15) is 0 Å². The molecule has 7 heavy (non-hydrogen) atoms. The Morgan fingerprint density at radius 1 is 1.86 bits per heavy atom. The lowest BCUT2D eigenvalue weighted by Gasteiger charge is -1.91. The van der Waals surface area contributed by atoms with Crippen molar-refractivity contribution in [3.8, 4) is 0 Å². The van der Waals surface area contributed by atoms with Gasteiger partial charge in [0.05, 0.1) is 0 Å². The molecule has 1 amide bonds. The van der Waals surface area contributed by atoms with Crippen molar-refractivity contribution in [1.82, 2.24) is 5.32 Å². The van der Waals surface area contributed by atoms with Crippen LogP contribution in [0.15, 0.2) is 0 Å². The molecule has 0 bridgehead atoms. The van der Waals surface area contributed by atoms with Gasteiger partial charge in [0, 0.05) is 6.54 Å². The van der Waals surface area contributed by atoms with E-state index in [9.17, 15) is 4.79 Å². The summed E-state index contributed by atoms with van der Waals surface area (Å²) in [5.74, 6) is 0. The molecule has 1 atom stereocenters. The van der Waals surface area contributed by atoms with Crippen LogP contribution in [0.5, 0.6) is 0 Å². The number of nitrogens with one attached hydrogen (secondary N) is 1. The van der Waals surface area contributed by atoms with Gasteiger partial charge in [-0.2, -0.15) is 0 Å². The van der Waals surface area contributed by atoms with E-state index in [4.69, 9.17) is 0 Å². The molecular weight excluding hydrogens is 109 g/mol. The Kier molecular flexibility index (Phi) is 1.29. The average molecular weight is 117 g/mol. The topological polar surface area (TPSA) is 29.1 Å². The van der Waals surface area contributed by atoms with Gasteiger partial charge in [-0.15, -0.1) is 0 Å². The SMILES string of the molecule is CP1CCNC1=O. The summed E-state index contributed by atoms with van der Waals surface area (Å²) in [6.45, 7) is 2.92. The lowest BCUT2D eigenvalue weighted by molar-refractivity contribution is 0.262. The van der Waals surface area contributed by atoms with Crippen molar-refractivity contribution in [2.75, 3.05) is 19.4 Å². The number of hydrogen-bond acceptors (Lipinski definition) is 1. The molecule has 2 nitrogen and oxygen atoms in total. The quantitative estimate of drug-likeness (QED) is 0.467. The standard InChI is InChI=1S/C4H8NOP/c1-7-3-2-5-4(7)6/h2-3H2,1H3,(H,5,6). The Balaban J connectivity index is 2.48. The molecule has 1 aliphatic heterocycles. The van der Waals surface area contributed by atoms with Crippen LogP contribution >= 0.6 is 7.92 Å². The maximum absolute atomic E-state index is 10.5. The van der Waals surface area contributed by atoms with Gasteiger partial charge >= 0.3 is 0 Å². The Labute approximate surface area is 44.0 Å². The van der Waals surface area contributed by atoms with Crippen LogP contribution in [0.25, 0.3) is 0 Å². The molecule has 0 aromatic carbocycles. The number of carbonyl (C=O) groups excluding carboxylic acids is 1. The third-order valence-electron chi connectivity index (χ3n) is 1.07. The molecule has 0 aromatic rings. The van der Waals surface area contributed by atoms with Crippen molar-refractivity contribution < 1.29 is 4.79 Å². The van der Waals surface area contributed by atoms with E-state index in [2.05, 4.69) is 5.32 Å². The molecule has 0 spiro atoms. The third-order valence-corrected chi connectivity index (χ3v) is 2.82. The second-order valence-corrected chi connectivity index (χ2v) is 3.90. The zero-order valence-corrected chi connectivity index (χ0v) is 5.16. The van der Waals surface area contributed by atoms with Crippen molar-refractivity contribution >= 4 is 13.6 Å². The Morgan fingerprint density at radius 2 is 2.57 bits per heavy atom. The minimum atomic E-state index is -0.276. The highest BCUT2D eigenvalue weighted by Crippen LogP contribution is 2.33. The third kappa shape index (κ3) is 0.916. The lowest BCUT2D eigenvalue weighted by atomic mass is 10.8. The average Bonchev–Trinajstić information content (AvgIpc) is 1.91. The van der Waals surface area contributed by atoms with Crippen molar-refractivity contribution in [2.45, 2.75) is 0 Å². The summed E-state index contributed by atoms with van der Waals surface area (Å²) in [7, 11) is -0.276. The van der Waals surface area contributed by atoms with E-state index >= 15 is 0 Å². The Morgan fingerprint density at radius 3 is 2.71 bits per heavy atom. The minimum Gasteiger partial charge on any atom is -0.352 e. The highest BCUT2D eigenvalue weighted by atomic mass is 31.1. The molecule has 40 valence electrons. The molecule has 1 rings (SSSR count). The molecule has 0 aliphatic carbocycles. The monoisotopic (exact) mass is 117 g/mol. The molecule has 1 aliphatic rings. The molecule has 1 heterocycles. The first-order chi connectivity index (χ1) is 3.30. The highest BCUT2D eigenvalue weighted by Gasteiger charge is 2.17. The fourth-order valence-electron chi connectivity index (χ4n) is 0.567. The van der Waals surface area contributed by atoms with Crippen molar-refractivity contribution in [2.24, 2.45) is 0 Å². The predicted molar refractivity (Wildman–Crippen MR) is 31.1 cm³/mol. The van der Waals surface area contributed by atoms with Gasteiger partial charge in [0.1, 0.15) is 0 Å². The van der Waals surface area contributed by atoms with Gasteiger partial charge in [0.15, 0.2) is 0 Å². The van der Waals surface area contributed by atoms with E-state index in [0.29, 0.717) is 0 Å². The van der Waals surface area contributed by atoms with E-state index in [1.54, 1.807) is 0 Å². The van der Waals surface area contributed by atoms with Gasteiger partial charge in [-0.25, -0.2) is 0 Å². The molecule has 1 N–H and O–H groups in total. The maximum atomic E-state index is 10.5. The van der Waals surface area contributed by atoms with Crippen molar-refractivity contribution in [1.29, 1.82) is 0 Å². The van der Waals surface area contributed by atoms with E-state index in [1.165, 1.54) is 0 Å². The summed E-state index contributed by atoms with van der Waals surface area (Å²) < 4.78 is 0. The summed E-state index contributed by atoms with van der Waals surface area (Å²) in [5.41, 5.74) is 0.273. The number of hydrogen-bond donors (Lipinski definition) is 1. The van der Waals surface area contributed by atoms with Crippen LogP contribution in [0, 0.1) is 0 Å². The van der Waals surface area contributed by atoms with Crippen LogP contribution in [0.2, 0.25) is 0 Å². The largest absolute Gasteiger partial charge is 0.352 e. The van der Waals surface area contributed by atoms with Crippen LogP contribution in [0.4, 0.5) is 4.79 Å². The molecule has 0 saturated carbocycles. The van der Waals surface area contributed by atoms with Gasteiger partial charge in [0.25, 0.3) is 0 Å². The Hall–Kier alpha value is -0.100. The van der Waals surface area contributed by atoms with Crippen molar-refractivity contribution in [3.05, 3.63) is 0 Å². The molecule has 0 aromatic heterocycles. The van der Waals surface area contributed by atoms with Gasteiger partial charge in [-0.1, -0.05) is 0 Å². The minimum absolute atomic E-state index is 0.273. The molecule has 3 heteroatoms. The second-order valence-electron chi connectivity index (χ2n) is 1.65. The first-order valence-corrected chi connectivity index (χ1v) is 4.27. The normalized spacial score (nSPS) is 30.4. The van der Waals surface area contributed by atoms with Crippen LogP contribution in [0.3, 0.4) is 0 Å². The van der Waals surface area contributed by atoms with E-state index in [1.807, 2.05) is 6.66 Å². The molecular formula is C4H8NOP. The fourth-order valence-corrected chi connectivity index (χ4v) is 1.60. The molecule has 1 fully saturated rings. The maximum Gasteiger partial charge on any atom is 0.240 e. The zero-order valence-electron chi connectivity index (χ0n) is 4.27. The first kappa shape index (κ1) is 5.04. The van der Waals surface area contributed by atoms with Gasteiger partial charge in [-0.05, 0) is 20.7 Å². The summed E-state index contributed by atoms with van der Waals surface area (Å²) in [5, 5.41) is 2.76. The van der Waals surface area contributed by atoms with E-state index < -0.39 is 0 Å². The summed E-state index contributed by atoms with van der Waals surface area (Å²) >= 11 is 0. The van der Waals surface area contributed by atoms with Gasteiger partial charge in [0.2, 0.25) is 5.65 Å². The summed E-state index contributed by atoms with van der Waals surface area (Å²) in [4.78, 5) is 10.5. The lowest BCUT2D eigenvalue weighted by Crippen LogP contribution is -2.10. The smallest absolute Gasteiger partial charge is 0.240 e. The first-order valence-electron chi connectivity index (χ1n) is 2.29. The van der Waals surface area contributed by atoms with Crippen LogP contribution in [-0.2, 0) is 0 Å². The fraction of sp³-hybridized carbons (Fsp3) is 0.750.